The number of hydrogen-bond acceptors (Lipinski definition) is 5. The number of hydrogen-bond donors (Lipinski definition) is 2. The first-order valence-corrected chi connectivity index (χ1v) is 10.4. The van der Waals surface area contributed by atoms with Gasteiger partial charge < -0.3 is 19.8 Å². The van der Waals surface area contributed by atoms with Crippen molar-refractivity contribution in [1.82, 2.24) is 15.2 Å². The van der Waals surface area contributed by atoms with Gasteiger partial charge in [-0.3, -0.25) is 4.90 Å². The van der Waals surface area contributed by atoms with Gasteiger partial charge in [-0.25, -0.2) is 9.78 Å². The van der Waals surface area contributed by atoms with E-state index in [0.29, 0.717) is 29.1 Å². The second-order valence-corrected chi connectivity index (χ2v) is 8.71. The van der Waals surface area contributed by atoms with Crippen LogP contribution in [0.5, 0.6) is 0 Å². The van der Waals surface area contributed by atoms with Crippen molar-refractivity contribution in [3.63, 3.8) is 0 Å². The van der Waals surface area contributed by atoms with Gasteiger partial charge in [0.15, 0.2) is 5.58 Å². The lowest BCUT2D eigenvalue weighted by Crippen LogP contribution is -2.52. The highest BCUT2D eigenvalue weighted by Crippen LogP contribution is 2.48. The van der Waals surface area contributed by atoms with Crippen LogP contribution in [-0.2, 0) is 16.8 Å². The van der Waals surface area contributed by atoms with Gasteiger partial charge in [-0.2, -0.15) is 0 Å². The number of likely N-dealkylation sites (tertiary alicyclic amines) is 1. The summed E-state index contributed by atoms with van der Waals surface area (Å²) in [5.41, 5.74) is 2.73. The molecule has 7 nitrogen and oxygen atoms in total. The summed E-state index contributed by atoms with van der Waals surface area (Å²) in [5, 5.41) is 6.59. The second-order valence-electron chi connectivity index (χ2n) is 8.30. The van der Waals surface area contributed by atoms with Crippen molar-refractivity contribution in [3.8, 4) is 0 Å². The number of carbonyl (C=O) groups excluding carboxylic acids is 1. The number of nitrogens with zero attached hydrogens (tertiary/aromatic N) is 2. The Kier molecular flexibility index (Phi) is 4.49. The Hall–Kier alpha value is -1.83. The maximum absolute atomic E-state index is 12.3. The van der Waals surface area contributed by atoms with Crippen LogP contribution in [0.3, 0.4) is 0 Å². The summed E-state index contributed by atoms with van der Waals surface area (Å²) in [4.78, 5) is 19.3. The Bertz CT molecular complexity index is 916. The van der Waals surface area contributed by atoms with Crippen LogP contribution in [0, 0.1) is 5.92 Å². The first kappa shape index (κ1) is 18.2. The highest BCUT2D eigenvalue weighted by molar-refractivity contribution is 6.35. The molecule has 1 aromatic carbocycles. The molecule has 0 bridgehead atoms. The van der Waals surface area contributed by atoms with Crippen LogP contribution in [0.25, 0.3) is 11.1 Å². The number of benzene rings is 1. The summed E-state index contributed by atoms with van der Waals surface area (Å²) < 4.78 is 11.5. The zero-order valence-electron chi connectivity index (χ0n) is 16.0. The minimum absolute atomic E-state index is 0.194. The summed E-state index contributed by atoms with van der Waals surface area (Å²) in [6.07, 6.45) is 5.11. The molecular weight excluding hydrogens is 380 g/mol. The highest BCUT2D eigenvalue weighted by atomic mass is 35.5. The summed E-state index contributed by atoms with van der Waals surface area (Å²) in [5.74, 6) is 1.28. The lowest BCUT2D eigenvalue weighted by atomic mass is 9.74. The molecule has 1 saturated carbocycles. The van der Waals surface area contributed by atoms with E-state index in [1.165, 1.54) is 6.42 Å². The van der Waals surface area contributed by atoms with Gasteiger partial charge >= 0.3 is 6.03 Å². The van der Waals surface area contributed by atoms with Gasteiger partial charge in [-0.05, 0) is 18.9 Å². The molecule has 5 rings (SSSR count). The Morgan fingerprint density at radius 1 is 1.36 bits per heavy atom. The maximum Gasteiger partial charge on any atom is 0.319 e. The fraction of sp³-hybridized carbons (Fsp3) is 0.600. The number of urea groups is 1. The smallest absolute Gasteiger partial charge is 0.319 e. The van der Waals surface area contributed by atoms with Crippen LogP contribution in [0.15, 0.2) is 10.5 Å². The Balaban J connectivity index is 1.52. The van der Waals surface area contributed by atoms with E-state index in [-0.39, 0.29) is 6.03 Å². The molecule has 0 atom stereocenters. The monoisotopic (exact) mass is 404 g/mol. The van der Waals surface area contributed by atoms with Crippen LogP contribution in [-0.4, -0.2) is 42.7 Å². The molecule has 3 aliphatic rings. The minimum Gasteiger partial charge on any atom is -0.439 e. The molecule has 150 valence electrons. The SMILES string of the molecule is COCC1CN(Cc2nc3cc(Cl)c4c(c3o2)C2(CCCCC2)NC(=O)N4)C1. The van der Waals surface area contributed by atoms with Crippen molar-refractivity contribution < 1.29 is 13.9 Å². The molecular formula is C20H25ClN4O3. The van der Waals surface area contributed by atoms with Crippen LogP contribution < -0.4 is 10.6 Å². The number of methoxy groups -OCH3 is 1. The standard InChI is InChI=1S/C20H25ClN4O3/c1-27-11-12-8-25(9-12)10-15-22-14-7-13(21)17-16(18(14)28-15)20(24-19(26)23-17)5-3-2-4-6-20/h7,12H,2-6,8-11H2,1H3,(H2,23,24,26). The number of anilines is 1. The van der Waals surface area contributed by atoms with E-state index in [0.717, 1.165) is 62.0 Å². The Morgan fingerprint density at radius 3 is 2.89 bits per heavy atom. The number of ether oxygens (including phenoxy) is 1. The molecule has 2 fully saturated rings. The molecule has 1 aromatic heterocycles. The predicted octanol–water partition coefficient (Wildman–Crippen LogP) is 3.85. The zero-order valence-corrected chi connectivity index (χ0v) is 16.8. The van der Waals surface area contributed by atoms with Crippen LogP contribution in [0.2, 0.25) is 5.02 Å². The van der Waals surface area contributed by atoms with Crippen LogP contribution in [0.4, 0.5) is 10.5 Å². The minimum atomic E-state index is -0.420. The fourth-order valence-electron chi connectivity index (χ4n) is 5.02. The second kappa shape index (κ2) is 6.90. The number of carbonyl (C=O) groups is 1. The van der Waals surface area contributed by atoms with Gasteiger partial charge in [-0.15, -0.1) is 0 Å². The average molecular weight is 405 g/mol. The lowest BCUT2D eigenvalue weighted by Gasteiger charge is -2.42. The maximum atomic E-state index is 12.3. The molecule has 28 heavy (non-hydrogen) atoms. The van der Waals surface area contributed by atoms with Gasteiger partial charge in [0.2, 0.25) is 5.89 Å². The quantitative estimate of drug-likeness (QED) is 0.809. The third-order valence-corrected chi connectivity index (χ3v) is 6.55. The molecule has 1 saturated heterocycles. The Morgan fingerprint density at radius 2 is 2.14 bits per heavy atom. The fourth-order valence-corrected chi connectivity index (χ4v) is 5.26. The first-order valence-electron chi connectivity index (χ1n) is 10.0. The van der Waals surface area contributed by atoms with Crippen molar-refractivity contribution in [2.45, 2.75) is 44.2 Å². The molecule has 2 N–H and O–H groups in total. The van der Waals surface area contributed by atoms with Gasteiger partial charge in [0.05, 0.1) is 29.4 Å². The topological polar surface area (TPSA) is 79.6 Å². The molecule has 2 aliphatic heterocycles. The number of aromatic nitrogens is 1. The molecule has 0 unspecified atom stereocenters. The van der Waals surface area contributed by atoms with Gasteiger partial charge in [-0.1, -0.05) is 30.9 Å². The van der Waals surface area contributed by atoms with E-state index in [1.54, 1.807) is 13.2 Å². The number of halogens is 1. The van der Waals surface area contributed by atoms with E-state index in [9.17, 15) is 4.79 Å². The van der Waals surface area contributed by atoms with E-state index in [4.69, 9.17) is 25.7 Å². The lowest BCUT2D eigenvalue weighted by molar-refractivity contribution is 0.0247. The third-order valence-electron chi connectivity index (χ3n) is 6.25. The van der Waals surface area contributed by atoms with Crippen LogP contribution in [0.1, 0.15) is 43.6 Å². The van der Waals surface area contributed by atoms with E-state index >= 15 is 0 Å². The van der Waals surface area contributed by atoms with Crippen molar-refractivity contribution >= 4 is 34.4 Å². The molecule has 1 spiro atoms. The van der Waals surface area contributed by atoms with Gasteiger partial charge in [0, 0.05) is 31.7 Å². The molecule has 3 heterocycles. The molecule has 2 aromatic rings. The molecule has 1 aliphatic carbocycles. The summed E-state index contributed by atoms with van der Waals surface area (Å²) >= 11 is 6.55. The third kappa shape index (κ3) is 2.96. The Labute approximate surface area is 168 Å². The van der Waals surface area contributed by atoms with Crippen molar-refractivity contribution in [2.75, 3.05) is 32.1 Å². The van der Waals surface area contributed by atoms with Gasteiger partial charge in [0.1, 0.15) is 5.52 Å². The molecule has 8 heteroatoms. The van der Waals surface area contributed by atoms with Crippen LogP contribution >= 0.6 is 11.6 Å². The van der Waals surface area contributed by atoms with Gasteiger partial charge in [0.25, 0.3) is 0 Å². The number of oxazole rings is 1. The summed E-state index contributed by atoms with van der Waals surface area (Å²) in [6, 6.07) is 1.61. The average Bonchev–Trinajstić information content (AvgIpc) is 3.02. The van der Waals surface area contributed by atoms with Crippen molar-refractivity contribution in [2.24, 2.45) is 5.92 Å². The molecule has 0 radical (unpaired) electrons. The predicted molar refractivity (Wildman–Crippen MR) is 107 cm³/mol. The number of amides is 2. The summed E-state index contributed by atoms with van der Waals surface area (Å²) in [6.45, 7) is 3.45. The highest BCUT2D eigenvalue weighted by Gasteiger charge is 2.44. The molecule has 2 amide bonds. The van der Waals surface area contributed by atoms with Crippen molar-refractivity contribution in [3.05, 3.63) is 22.5 Å². The normalized spacial score (nSPS) is 22.0. The number of rotatable bonds is 4. The van der Waals surface area contributed by atoms with E-state index in [1.807, 2.05) is 0 Å². The van der Waals surface area contributed by atoms with E-state index in [2.05, 4.69) is 15.5 Å². The van der Waals surface area contributed by atoms with Crippen molar-refractivity contribution in [1.29, 1.82) is 0 Å². The van der Waals surface area contributed by atoms with E-state index < -0.39 is 5.54 Å². The largest absolute Gasteiger partial charge is 0.439 e. The number of fused-ring (bicyclic) bond motifs is 4. The number of nitrogens with one attached hydrogen (secondary N) is 2. The first-order chi connectivity index (χ1) is 13.6. The zero-order chi connectivity index (χ0) is 19.3. The summed E-state index contributed by atoms with van der Waals surface area (Å²) in [7, 11) is 1.74.